The number of hydrogen-bond donors (Lipinski definition) is 2. The lowest BCUT2D eigenvalue weighted by Crippen LogP contribution is -3.10. The van der Waals surface area contributed by atoms with E-state index in [1.807, 2.05) is 48.7 Å². The maximum Gasteiger partial charge on any atom is 0.231 e. The predicted molar refractivity (Wildman–Crippen MR) is 113 cm³/mol. The summed E-state index contributed by atoms with van der Waals surface area (Å²) in [5, 5.41) is 5.75. The van der Waals surface area contributed by atoms with Crippen LogP contribution < -0.4 is 10.2 Å². The fourth-order valence-electron chi connectivity index (χ4n) is 3.45. The van der Waals surface area contributed by atoms with Crippen molar-refractivity contribution in [2.45, 2.75) is 45.3 Å². The molecule has 1 aliphatic rings. The molecule has 1 atom stereocenters. The fourth-order valence-corrected chi connectivity index (χ4v) is 4.25. The lowest BCUT2D eigenvalue weighted by molar-refractivity contribution is -0.938. The van der Waals surface area contributed by atoms with Crippen LogP contribution in [0.25, 0.3) is 0 Å². The van der Waals surface area contributed by atoms with Gasteiger partial charge in [-0.3, -0.25) is 4.79 Å². The van der Waals surface area contributed by atoms with E-state index in [2.05, 4.69) is 10.3 Å². The Labute approximate surface area is 174 Å². The third-order valence-corrected chi connectivity index (χ3v) is 6.08. The maximum absolute atomic E-state index is 14.0. The molecule has 2 N–H and O–H groups in total. The molecule has 0 bridgehead atoms. The Hall–Kier alpha value is -2.57. The summed E-state index contributed by atoms with van der Waals surface area (Å²) in [4.78, 5) is 18.3. The smallest absolute Gasteiger partial charge is 0.231 e. The summed E-state index contributed by atoms with van der Waals surface area (Å²) in [6.07, 6.45) is 2.63. The molecule has 0 radical (unpaired) electrons. The van der Waals surface area contributed by atoms with E-state index >= 15 is 0 Å². The Kier molecular flexibility index (Phi) is 6.02. The van der Waals surface area contributed by atoms with Gasteiger partial charge in [0.15, 0.2) is 0 Å². The zero-order valence-corrected chi connectivity index (χ0v) is 17.3. The van der Waals surface area contributed by atoms with Crippen LogP contribution in [0.1, 0.15) is 34.7 Å². The zero-order valence-electron chi connectivity index (χ0n) is 16.5. The molecule has 1 saturated carbocycles. The van der Waals surface area contributed by atoms with Crippen LogP contribution in [0.5, 0.6) is 0 Å². The van der Waals surface area contributed by atoms with E-state index < -0.39 is 0 Å². The molecule has 3 aromatic rings. The van der Waals surface area contributed by atoms with Crippen LogP contribution in [0.2, 0.25) is 0 Å². The molecule has 0 aliphatic heterocycles. The number of halogens is 1. The zero-order chi connectivity index (χ0) is 20.2. The molecule has 1 aromatic heterocycles. The van der Waals surface area contributed by atoms with Crippen LogP contribution in [0.4, 0.5) is 10.1 Å². The number of nitrogens with one attached hydrogen (secondary N) is 2. The summed E-state index contributed by atoms with van der Waals surface area (Å²) in [5.41, 5.74) is 3.69. The van der Waals surface area contributed by atoms with E-state index in [4.69, 9.17) is 0 Å². The molecule has 0 saturated heterocycles. The van der Waals surface area contributed by atoms with E-state index in [0.29, 0.717) is 12.6 Å². The van der Waals surface area contributed by atoms with Gasteiger partial charge < -0.3 is 10.2 Å². The Balaban J connectivity index is 1.35. The van der Waals surface area contributed by atoms with Crippen molar-refractivity contribution in [2.75, 3.05) is 5.32 Å². The molecular weight excluding hydrogens is 385 g/mol. The van der Waals surface area contributed by atoms with E-state index in [9.17, 15) is 9.18 Å². The number of rotatable bonds is 8. The van der Waals surface area contributed by atoms with E-state index in [1.54, 1.807) is 6.07 Å². The van der Waals surface area contributed by atoms with Crippen LogP contribution >= 0.6 is 11.3 Å². The van der Waals surface area contributed by atoms with Crippen molar-refractivity contribution in [3.05, 3.63) is 81.6 Å². The number of carbonyl (C=O) groups excluding carboxylic acids is 1. The number of carbonyl (C=O) groups is 1. The maximum atomic E-state index is 14.0. The molecule has 0 spiro atoms. The van der Waals surface area contributed by atoms with Crippen molar-refractivity contribution in [3.8, 4) is 0 Å². The Morgan fingerprint density at radius 2 is 1.93 bits per heavy atom. The molecule has 1 amide bonds. The summed E-state index contributed by atoms with van der Waals surface area (Å²) in [6, 6.07) is 15.3. The summed E-state index contributed by atoms with van der Waals surface area (Å²) < 4.78 is 14.0. The van der Waals surface area contributed by atoms with E-state index in [-0.39, 0.29) is 18.1 Å². The minimum Gasteiger partial charge on any atom is -0.326 e. The standard InChI is InChI=1S/C23H24FN3OS/c1-16-6-8-18(9-7-16)25-22(28)12-23-26-19(15-29-23)14-27(20-10-11-20)13-17-4-2-3-5-21(17)24/h2-9,15,20H,10-14H2,1H3,(H,25,28)/p+1. The third-order valence-electron chi connectivity index (χ3n) is 5.18. The van der Waals surface area contributed by atoms with Gasteiger partial charge in [0, 0.05) is 29.5 Å². The molecule has 1 aliphatic carbocycles. The number of nitrogens with zero attached hydrogens (tertiary/aromatic N) is 1. The highest BCUT2D eigenvalue weighted by Crippen LogP contribution is 2.18. The largest absolute Gasteiger partial charge is 0.326 e. The molecule has 2 aromatic carbocycles. The molecule has 4 nitrogen and oxygen atoms in total. The SMILES string of the molecule is Cc1ccc(NC(=O)Cc2nc(C[NH+](Cc3ccccc3F)C3CC3)cs2)cc1. The van der Waals surface area contributed by atoms with E-state index in [0.717, 1.165) is 34.1 Å². The second-order valence-corrected chi connectivity index (χ2v) is 8.64. The monoisotopic (exact) mass is 410 g/mol. The second kappa shape index (κ2) is 8.84. The number of quaternary nitrogens is 1. The molecule has 4 rings (SSSR count). The van der Waals surface area contributed by atoms with Gasteiger partial charge in [0.05, 0.1) is 12.5 Å². The van der Waals surface area contributed by atoms with Gasteiger partial charge in [0.1, 0.15) is 29.6 Å². The van der Waals surface area contributed by atoms with Crippen molar-refractivity contribution in [3.63, 3.8) is 0 Å². The minimum absolute atomic E-state index is 0.0625. The molecule has 29 heavy (non-hydrogen) atoms. The van der Waals surface area contributed by atoms with Crippen LogP contribution in [0, 0.1) is 12.7 Å². The molecule has 1 unspecified atom stereocenters. The van der Waals surface area contributed by atoms with Gasteiger partial charge in [0.2, 0.25) is 5.91 Å². The van der Waals surface area contributed by atoms with Gasteiger partial charge in [-0.15, -0.1) is 11.3 Å². The average Bonchev–Trinajstić information content (AvgIpc) is 3.46. The first kappa shape index (κ1) is 19.7. The summed E-state index contributed by atoms with van der Waals surface area (Å²) in [5.74, 6) is -0.204. The highest BCUT2D eigenvalue weighted by Gasteiger charge is 2.34. The number of hydrogen-bond acceptors (Lipinski definition) is 3. The topological polar surface area (TPSA) is 46.4 Å². The first-order chi connectivity index (χ1) is 14.1. The highest BCUT2D eigenvalue weighted by atomic mass is 32.1. The van der Waals surface area contributed by atoms with Crippen molar-refractivity contribution in [1.29, 1.82) is 0 Å². The van der Waals surface area contributed by atoms with Crippen molar-refractivity contribution >= 4 is 22.9 Å². The number of amides is 1. The first-order valence-corrected chi connectivity index (χ1v) is 10.8. The number of anilines is 1. The lowest BCUT2D eigenvalue weighted by atomic mass is 10.2. The Bertz CT molecular complexity index is 982. The highest BCUT2D eigenvalue weighted by molar-refractivity contribution is 7.09. The number of thiazole rings is 1. The van der Waals surface area contributed by atoms with Crippen LogP contribution in [-0.2, 0) is 24.3 Å². The lowest BCUT2D eigenvalue weighted by Gasteiger charge is -2.18. The predicted octanol–water partition coefficient (Wildman–Crippen LogP) is 3.52. The Morgan fingerprint density at radius 3 is 2.66 bits per heavy atom. The number of aryl methyl sites for hydroxylation is 1. The fraction of sp³-hybridized carbons (Fsp3) is 0.304. The first-order valence-electron chi connectivity index (χ1n) is 9.94. The van der Waals surface area contributed by atoms with Gasteiger partial charge >= 0.3 is 0 Å². The van der Waals surface area contributed by atoms with Gasteiger partial charge in [-0.25, -0.2) is 9.37 Å². The molecule has 1 fully saturated rings. The molecule has 1 heterocycles. The molecule has 6 heteroatoms. The summed E-state index contributed by atoms with van der Waals surface area (Å²) in [6.45, 7) is 3.44. The molecular formula is C23H25FN3OS+. The second-order valence-electron chi connectivity index (χ2n) is 7.70. The third kappa shape index (κ3) is 5.49. The van der Waals surface area contributed by atoms with Crippen LogP contribution in [0.15, 0.2) is 53.9 Å². The normalized spacial score (nSPS) is 14.6. The average molecular weight is 411 g/mol. The van der Waals surface area contributed by atoms with Gasteiger partial charge in [-0.2, -0.15) is 0 Å². The molecule has 150 valence electrons. The van der Waals surface area contributed by atoms with Crippen molar-refractivity contribution < 1.29 is 14.1 Å². The minimum atomic E-state index is -0.141. The van der Waals surface area contributed by atoms with Crippen LogP contribution in [-0.4, -0.2) is 16.9 Å². The van der Waals surface area contributed by atoms with Crippen LogP contribution in [0.3, 0.4) is 0 Å². The van der Waals surface area contributed by atoms with Crippen molar-refractivity contribution in [2.24, 2.45) is 0 Å². The summed E-state index contributed by atoms with van der Waals surface area (Å²) in [7, 11) is 0. The summed E-state index contributed by atoms with van der Waals surface area (Å²) >= 11 is 1.52. The number of aromatic nitrogens is 1. The van der Waals surface area contributed by atoms with E-state index in [1.165, 1.54) is 35.1 Å². The Morgan fingerprint density at radius 1 is 1.17 bits per heavy atom. The quantitative estimate of drug-likeness (QED) is 0.597. The van der Waals surface area contributed by atoms with Gasteiger partial charge in [-0.05, 0) is 25.1 Å². The van der Waals surface area contributed by atoms with Crippen molar-refractivity contribution in [1.82, 2.24) is 4.98 Å². The van der Waals surface area contributed by atoms with Gasteiger partial charge in [0.25, 0.3) is 0 Å². The number of benzene rings is 2. The van der Waals surface area contributed by atoms with Gasteiger partial charge in [-0.1, -0.05) is 35.9 Å².